The van der Waals surface area contributed by atoms with E-state index in [1.165, 1.54) is 24.3 Å². The molecular formula is C24H30F3NO3. The zero-order chi connectivity index (χ0) is 23.1. The number of aliphatic hydroxyl groups excluding tert-OH is 2. The van der Waals surface area contributed by atoms with Crippen molar-refractivity contribution in [2.75, 3.05) is 0 Å². The monoisotopic (exact) mass is 437 g/mol. The molecule has 2 aromatic rings. The molecule has 0 aliphatic heterocycles. The Morgan fingerprint density at radius 3 is 2.32 bits per heavy atom. The van der Waals surface area contributed by atoms with E-state index in [1.807, 2.05) is 20.8 Å². The fourth-order valence-corrected chi connectivity index (χ4v) is 4.56. The van der Waals surface area contributed by atoms with Crippen molar-refractivity contribution in [2.45, 2.75) is 78.4 Å². The minimum atomic E-state index is -4.77. The van der Waals surface area contributed by atoms with Crippen LogP contribution >= 0.6 is 0 Å². The van der Waals surface area contributed by atoms with Crippen molar-refractivity contribution in [1.82, 2.24) is 4.98 Å². The van der Waals surface area contributed by atoms with Gasteiger partial charge >= 0.3 is 6.36 Å². The summed E-state index contributed by atoms with van der Waals surface area (Å²) in [4.78, 5) is 4.89. The van der Waals surface area contributed by atoms with Crippen molar-refractivity contribution in [3.63, 3.8) is 0 Å². The Kier molecular flexibility index (Phi) is 6.40. The first-order chi connectivity index (χ1) is 14.3. The predicted octanol–water partition coefficient (Wildman–Crippen LogP) is 5.75. The molecule has 1 heterocycles. The Balaban J connectivity index is 2.10. The molecule has 0 spiro atoms. The lowest BCUT2D eigenvalue weighted by Gasteiger charge is -2.37. The van der Waals surface area contributed by atoms with E-state index >= 15 is 0 Å². The van der Waals surface area contributed by atoms with Gasteiger partial charge in [-0.05, 0) is 53.9 Å². The lowest BCUT2D eigenvalue weighted by molar-refractivity contribution is -0.274. The molecule has 31 heavy (non-hydrogen) atoms. The van der Waals surface area contributed by atoms with Gasteiger partial charge in [0.25, 0.3) is 0 Å². The van der Waals surface area contributed by atoms with E-state index in [4.69, 9.17) is 4.98 Å². The third kappa shape index (κ3) is 5.04. The summed E-state index contributed by atoms with van der Waals surface area (Å²) in [5.41, 5.74) is 4.29. The number of halogens is 3. The van der Waals surface area contributed by atoms with Crippen molar-refractivity contribution in [3.8, 4) is 5.75 Å². The van der Waals surface area contributed by atoms with E-state index in [-0.39, 0.29) is 17.1 Å². The molecule has 1 aromatic heterocycles. The van der Waals surface area contributed by atoms with Crippen molar-refractivity contribution < 1.29 is 28.1 Å². The van der Waals surface area contributed by atoms with Gasteiger partial charge in [0.1, 0.15) is 11.9 Å². The van der Waals surface area contributed by atoms with E-state index in [1.54, 1.807) is 0 Å². The molecule has 170 valence electrons. The SMILES string of the molecule is CCc1c2c(nc(C(C)C)c1C(O)c1ccc(OC(F)(F)F)cc1)CC(C)(C)CC2O. The second-order valence-corrected chi connectivity index (χ2v) is 9.34. The van der Waals surface area contributed by atoms with Crippen LogP contribution in [0.5, 0.6) is 5.75 Å². The zero-order valence-electron chi connectivity index (χ0n) is 18.5. The summed E-state index contributed by atoms with van der Waals surface area (Å²) in [6.07, 6.45) is -4.57. The largest absolute Gasteiger partial charge is 0.573 e. The second-order valence-electron chi connectivity index (χ2n) is 9.34. The van der Waals surface area contributed by atoms with Crippen LogP contribution in [0.4, 0.5) is 13.2 Å². The van der Waals surface area contributed by atoms with Crippen LogP contribution in [-0.2, 0) is 12.8 Å². The van der Waals surface area contributed by atoms with Gasteiger partial charge in [0, 0.05) is 22.5 Å². The molecule has 0 bridgehead atoms. The molecule has 2 unspecified atom stereocenters. The highest BCUT2D eigenvalue weighted by Gasteiger charge is 2.37. The number of rotatable bonds is 5. The van der Waals surface area contributed by atoms with Crippen molar-refractivity contribution >= 4 is 0 Å². The summed E-state index contributed by atoms with van der Waals surface area (Å²) in [5.74, 6) is -0.320. The van der Waals surface area contributed by atoms with Gasteiger partial charge in [-0.15, -0.1) is 13.2 Å². The first-order valence-electron chi connectivity index (χ1n) is 10.6. The Morgan fingerprint density at radius 2 is 1.81 bits per heavy atom. The molecule has 0 saturated heterocycles. The van der Waals surface area contributed by atoms with E-state index < -0.39 is 18.6 Å². The topological polar surface area (TPSA) is 62.6 Å². The molecular weight excluding hydrogens is 407 g/mol. The van der Waals surface area contributed by atoms with Crippen LogP contribution in [0.25, 0.3) is 0 Å². The van der Waals surface area contributed by atoms with E-state index in [9.17, 15) is 23.4 Å². The molecule has 0 saturated carbocycles. The molecule has 0 amide bonds. The number of nitrogens with zero attached hydrogens (tertiary/aromatic N) is 1. The number of aromatic nitrogens is 1. The second kappa shape index (κ2) is 8.43. The molecule has 7 heteroatoms. The maximum absolute atomic E-state index is 12.5. The van der Waals surface area contributed by atoms with E-state index in [0.29, 0.717) is 24.0 Å². The molecule has 1 aliphatic carbocycles. The average molecular weight is 438 g/mol. The third-order valence-corrected chi connectivity index (χ3v) is 5.82. The minimum absolute atomic E-state index is 0.0234. The Hall–Kier alpha value is -2.12. The summed E-state index contributed by atoms with van der Waals surface area (Å²) in [5, 5.41) is 22.2. The number of benzene rings is 1. The fourth-order valence-electron chi connectivity index (χ4n) is 4.56. The van der Waals surface area contributed by atoms with Crippen molar-refractivity contribution in [2.24, 2.45) is 5.41 Å². The molecule has 0 radical (unpaired) electrons. The quantitative estimate of drug-likeness (QED) is 0.625. The van der Waals surface area contributed by atoms with Crippen LogP contribution in [0.1, 0.15) is 92.8 Å². The van der Waals surface area contributed by atoms with Crippen LogP contribution in [0.2, 0.25) is 0 Å². The maximum atomic E-state index is 12.5. The molecule has 1 aromatic carbocycles. The minimum Gasteiger partial charge on any atom is -0.406 e. The third-order valence-electron chi connectivity index (χ3n) is 5.82. The van der Waals surface area contributed by atoms with Gasteiger partial charge in [-0.25, -0.2) is 0 Å². The van der Waals surface area contributed by atoms with Crippen LogP contribution in [0.15, 0.2) is 24.3 Å². The van der Waals surface area contributed by atoms with E-state index in [2.05, 4.69) is 18.6 Å². The van der Waals surface area contributed by atoms with Gasteiger partial charge in [-0.3, -0.25) is 4.98 Å². The maximum Gasteiger partial charge on any atom is 0.573 e. The number of alkyl halides is 3. The molecule has 4 nitrogen and oxygen atoms in total. The van der Waals surface area contributed by atoms with E-state index in [0.717, 1.165) is 28.9 Å². The smallest absolute Gasteiger partial charge is 0.406 e. The van der Waals surface area contributed by atoms with Crippen molar-refractivity contribution in [3.05, 3.63) is 57.9 Å². The summed E-state index contributed by atoms with van der Waals surface area (Å²) in [6, 6.07) is 5.23. The summed E-state index contributed by atoms with van der Waals surface area (Å²) < 4.78 is 41.3. The lowest BCUT2D eigenvalue weighted by atomic mass is 9.72. The molecule has 1 aliphatic rings. The molecule has 2 atom stereocenters. The zero-order valence-corrected chi connectivity index (χ0v) is 18.5. The Bertz CT molecular complexity index is 937. The normalized spacial score (nSPS) is 19.3. The predicted molar refractivity (Wildman–Crippen MR) is 112 cm³/mol. The fraction of sp³-hybridized carbons (Fsp3) is 0.542. The molecule has 2 N–H and O–H groups in total. The highest BCUT2D eigenvalue weighted by atomic mass is 19.4. The summed E-state index contributed by atoms with van der Waals surface area (Å²) in [7, 11) is 0. The first kappa shape index (κ1) is 23.5. The average Bonchev–Trinajstić information content (AvgIpc) is 2.64. The van der Waals surface area contributed by atoms with Crippen LogP contribution in [0, 0.1) is 5.41 Å². The highest BCUT2D eigenvalue weighted by Crippen LogP contribution is 2.45. The summed E-state index contributed by atoms with van der Waals surface area (Å²) in [6.45, 7) is 10.2. The Labute approximate surface area is 181 Å². The van der Waals surface area contributed by atoms with Gasteiger partial charge in [-0.1, -0.05) is 46.8 Å². The number of ether oxygens (including phenoxy) is 1. The van der Waals surface area contributed by atoms with Gasteiger partial charge in [0.2, 0.25) is 0 Å². The number of fused-ring (bicyclic) bond motifs is 1. The molecule has 0 fully saturated rings. The van der Waals surface area contributed by atoms with Crippen molar-refractivity contribution in [1.29, 1.82) is 0 Å². The number of hydrogen-bond donors (Lipinski definition) is 2. The van der Waals surface area contributed by atoms with Gasteiger partial charge in [0.05, 0.1) is 6.10 Å². The standard InChI is InChI=1S/C24H30F3NO3/c1-6-16-19-17(11-23(4,5)12-18(19)29)28-21(13(2)3)20(16)22(30)14-7-9-15(10-8-14)31-24(25,26)27/h7-10,13,18,22,29-30H,6,11-12H2,1-5H3. The number of hydrogen-bond acceptors (Lipinski definition) is 4. The van der Waals surface area contributed by atoms with Gasteiger partial charge < -0.3 is 14.9 Å². The van der Waals surface area contributed by atoms with Crippen LogP contribution in [0.3, 0.4) is 0 Å². The van der Waals surface area contributed by atoms with Crippen LogP contribution < -0.4 is 4.74 Å². The summed E-state index contributed by atoms with van der Waals surface area (Å²) >= 11 is 0. The van der Waals surface area contributed by atoms with Crippen LogP contribution in [-0.4, -0.2) is 21.6 Å². The lowest BCUT2D eigenvalue weighted by Crippen LogP contribution is -2.29. The Morgan fingerprint density at radius 1 is 1.19 bits per heavy atom. The number of pyridine rings is 1. The molecule has 3 rings (SSSR count). The van der Waals surface area contributed by atoms with Gasteiger partial charge in [-0.2, -0.15) is 0 Å². The highest BCUT2D eigenvalue weighted by molar-refractivity contribution is 5.48. The van der Waals surface area contributed by atoms with Gasteiger partial charge in [0.15, 0.2) is 0 Å². The first-order valence-corrected chi connectivity index (χ1v) is 10.6. The number of aliphatic hydroxyl groups is 2.